The molecule has 82 valence electrons. The van der Waals surface area contributed by atoms with Crippen molar-refractivity contribution in [2.45, 2.75) is 0 Å². The Morgan fingerprint density at radius 1 is 1.06 bits per heavy atom. The van der Waals surface area contributed by atoms with E-state index in [1.807, 2.05) is 0 Å². The van der Waals surface area contributed by atoms with Gasteiger partial charge >= 0.3 is 0 Å². The summed E-state index contributed by atoms with van der Waals surface area (Å²) < 4.78 is 13.5. The van der Waals surface area contributed by atoms with E-state index in [1.54, 1.807) is 0 Å². The second-order valence-corrected chi connectivity index (χ2v) is 4.35. The molecule has 0 unspecified atom stereocenters. The van der Waals surface area contributed by atoms with E-state index in [-0.39, 0.29) is 0 Å². The number of hydrogen-bond donors (Lipinski definition) is 0. The van der Waals surface area contributed by atoms with Crippen LogP contribution in [0.2, 0.25) is 15.1 Å². The molecule has 0 spiro atoms. The van der Waals surface area contributed by atoms with Gasteiger partial charge in [0.15, 0.2) is 0 Å². The molecule has 0 atom stereocenters. The molecular formula is C11H5Cl3FN. The Bertz CT molecular complexity index is 519. The fraction of sp³-hybridized carbons (Fsp3) is 0. The van der Waals surface area contributed by atoms with Gasteiger partial charge in [0, 0.05) is 22.3 Å². The van der Waals surface area contributed by atoms with Gasteiger partial charge in [-0.25, -0.2) is 4.39 Å². The van der Waals surface area contributed by atoms with Crippen molar-refractivity contribution in [3.8, 4) is 11.1 Å². The van der Waals surface area contributed by atoms with Crippen LogP contribution in [0.4, 0.5) is 4.39 Å². The van der Waals surface area contributed by atoms with Crippen molar-refractivity contribution in [2.75, 3.05) is 0 Å². The standard InChI is InChI=1S/C11H5Cl3FN/c12-6-3-8(13)11(9(14)4-6)7-1-2-16-5-10(7)15/h1-5H. The molecule has 0 aliphatic carbocycles. The molecule has 1 aromatic carbocycles. The monoisotopic (exact) mass is 275 g/mol. The maximum absolute atomic E-state index is 13.5. The molecule has 16 heavy (non-hydrogen) atoms. The van der Waals surface area contributed by atoms with Crippen LogP contribution in [-0.2, 0) is 0 Å². The van der Waals surface area contributed by atoms with Crippen molar-refractivity contribution in [3.05, 3.63) is 51.5 Å². The fourth-order valence-corrected chi connectivity index (χ4v) is 2.40. The first kappa shape index (κ1) is 11.6. The van der Waals surface area contributed by atoms with Crippen LogP contribution in [0.25, 0.3) is 11.1 Å². The van der Waals surface area contributed by atoms with Crippen LogP contribution in [0, 0.1) is 5.82 Å². The molecule has 0 amide bonds. The van der Waals surface area contributed by atoms with E-state index in [0.29, 0.717) is 26.2 Å². The number of halogens is 4. The Labute approximate surface area is 107 Å². The van der Waals surface area contributed by atoms with Crippen molar-refractivity contribution in [1.82, 2.24) is 4.98 Å². The molecule has 0 saturated carbocycles. The van der Waals surface area contributed by atoms with Crippen LogP contribution in [0.5, 0.6) is 0 Å². The summed E-state index contributed by atoms with van der Waals surface area (Å²) in [5, 5.41) is 1.03. The van der Waals surface area contributed by atoms with Gasteiger partial charge in [-0.05, 0) is 18.2 Å². The number of nitrogens with zero attached hydrogens (tertiary/aromatic N) is 1. The van der Waals surface area contributed by atoms with Crippen LogP contribution >= 0.6 is 34.8 Å². The molecule has 0 radical (unpaired) electrons. The summed E-state index contributed by atoms with van der Waals surface area (Å²) in [6.07, 6.45) is 2.58. The number of pyridine rings is 1. The summed E-state index contributed by atoms with van der Waals surface area (Å²) in [5.74, 6) is -0.478. The quantitative estimate of drug-likeness (QED) is 0.725. The lowest BCUT2D eigenvalue weighted by atomic mass is 10.1. The topological polar surface area (TPSA) is 12.9 Å². The third-order valence-electron chi connectivity index (χ3n) is 2.05. The summed E-state index contributed by atoms with van der Waals surface area (Å²) in [4.78, 5) is 3.66. The number of rotatable bonds is 1. The lowest BCUT2D eigenvalue weighted by molar-refractivity contribution is 0.625. The van der Waals surface area contributed by atoms with E-state index < -0.39 is 5.82 Å². The van der Waals surface area contributed by atoms with E-state index in [2.05, 4.69) is 4.98 Å². The first-order chi connectivity index (χ1) is 7.59. The number of benzene rings is 1. The van der Waals surface area contributed by atoms with E-state index >= 15 is 0 Å². The van der Waals surface area contributed by atoms with Crippen LogP contribution in [0.3, 0.4) is 0 Å². The SMILES string of the molecule is Fc1cnccc1-c1c(Cl)cc(Cl)cc1Cl. The zero-order valence-corrected chi connectivity index (χ0v) is 10.1. The zero-order valence-electron chi connectivity index (χ0n) is 7.85. The van der Waals surface area contributed by atoms with E-state index in [1.165, 1.54) is 24.4 Å². The molecule has 0 aliphatic rings. The highest BCUT2D eigenvalue weighted by atomic mass is 35.5. The average Bonchev–Trinajstić information content (AvgIpc) is 2.19. The fourth-order valence-electron chi connectivity index (χ4n) is 1.38. The summed E-state index contributed by atoms with van der Waals surface area (Å²) >= 11 is 17.7. The molecule has 5 heteroatoms. The lowest BCUT2D eigenvalue weighted by Gasteiger charge is -2.08. The minimum absolute atomic E-state index is 0.307. The van der Waals surface area contributed by atoms with Gasteiger partial charge < -0.3 is 0 Å². The minimum Gasteiger partial charge on any atom is -0.262 e. The van der Waals surface area contributed by atoms with E-state index in [4.69, 9.17) is 34.8 Å². The van der Waals surface area contributed by atoms with Crippen molar-refractivity contribution in [2.24, 2.45) is 0 Å². The highest BCUT2D eigenvalue weighted by molar-refractivity contribution is 6.41. The second-order valence-electron chi connectivity index (χ2n) is 3.10. The molecule has 1 aromatic heterocycles. The largest absolute Gasteiger partial charge is 0.262 e. The number of hydrogen-bond acceptors (Lipinski definition) is 1. The lowest BCUT2D eigenvalue weighted by Crippen LogP contribution is -1.88. The molecule has 0 N–H and O–H groups in total. The van der Waals surface area contributed by atoms with Crippen molar-refractivity contribution >= 4 is 34.8 Å². The van der Waals surface area contributed by atoms with Gasteiger partial charge in [0.2, 0.25) is 0 Å². The third kappa shape index (κ3) is 2.14. The first-order valence-electron chi connectivity index (χ1n) is 4.34. The predicted molar refractivity (Wildman–Crippen MR) is 64.7 cm³/mol. The van der Waals surface area contributed by atoms with Gasteiger partial charge in [0.25, 0.3) is 0 Å². The molecule has 1 nitrogen and oxygen atoms in total. The van der Waals surface area contributed by atoms with Crippen LogP contribution < -0.4 is 0 Å². The van der Waals surface area contributed by atoms with E-state index in [9.17, 15) is 4.39 Å². The minimum atomic E-state index is -0.478. The van der Waals surface area contributed by atoms with E-state index in [0.717, 1.165) is 6.20 Å². The first-order valence-corrected chi connectivity index (χ1v) is 5.47. The van der Waals surface area contributed by atoms with Crippen molar-refractivity contribution < 1.29 is 4.39 Å². The zero-order chi connectivity index (χ0) is 11.7. The normalized spacial score (nSPS) is 10.5. The molecule has 0 saturated heterocycles. The molecule has 0 bridgehead atoms. The van der Waals surface area contributed by atoms with Gasteiger partial charge in [0.05, 0.1) is 16.2 Å². The summed E-state index contributed by atoms with van der Waals surface area (Å²) in [7, 11) is 0. The Balaban J connectivity index is 2.70. The van der Waals surface area contributed by atoms with Crippen LogP contribution in [0.15, 0.2) is 30.6 Å². The van der Waals surface area contributed by atoms with Crippen LogP contribution in [0.1, 0.15) is 0 Å². The Kier molecular flexibility index (Phi) is 3.33. The molecular weight excluding hydrogens is 271 g/mol. The molecule has 1 heterocycles. The highest BCUT2D eigenvalue weighted by Crippen LogP contribution is 2.37. The Hall–Kier alpha value is -0.830. The Morgan fingerprint density at radius 2 is 1.69 bits per heavy atom. The molecule has 0 fully saturated rings. The smallest absolute Gasteiger partial charge is 0.149 e. The Morgan fingerprint density at radius 3 is 2.25 bits per heavy atom. The third-order valence-corrected chi connectivity index (χ3v) is 2.86. The molecule has 0 aliphatic heterocycles. The summed E-state index contributed by atoms with van der Waals surface area (Å²) in [6.45, 7) is 0. The maximum Gasteiger partial charge on any atom is 0.149 e. The highest BCUT2D eigenvalue weighted by Gasteiger charge is 2.13. The van der Waals surface area contributed by atoms with Crippen molar-refractivity contribution in [1.29, 1.82) is 0 Å². The van der Waals surface area contributed by atoms with Crippen molar-refractivity contribution in [3.63, 3.8) is 0 Å². The summed E-state index contributed by atoms with van der Waals surface area (Å²) in [5.41, 5.74) is 0.731. The van der Waals surface area contributed by atoms with Crippen LogP contribution in [-0.4, -0.2) is 4.98 Å². The second kappa shape index (κ2) is 4.58. The van der Waals surface area contributed by atoms with Gasteiger partial charge in [-0.3, -0.25) is 4.98 Å². The van der Waals surface area contributed by atoms with Gasteiger partial charge in [0.1, 0.15) is 5.82 Å². The molecule has 2 aromatic rings. The average molecular weight is 277 g/mol. The predicted octanol–water partition coefficient (Wildman–Crippen LogP) is 4.85. The number of aromatic nitrogens is 1. The van der Waals surface area contributed by atoms with Gasteiger partial charge in [-0.1, -0.05) is 34.8 Å². The van der Waals surface area contributed by atoms with Gasteiger partial charge in [-0.2, -0.15) is 0 Å². The summed E-state index contributed by atoms with van der Waals surface area (Å²) in [6, 6.07) is 4.55. The maximum atomic E-state index is 13.5. The molecule has 2 rings (SSSR count). The van der Waals surface area contributed by atoms with Gasteiger partial charge in [-0.15, -0.1) is 0 Å².